The van der Waals surface area contributed by atoms with Gasteiger partial charge in [0.1, 0.15) is 6.04 Å². The fraction of sp³-hybridized carbons (Fsp3) is 0.643. The van der Waals surface area contributed by atoms with Crippen molar-refractivity contribution in [3.63, 3.8) is 0 Å². The van der Waals surface area contributed by atoms with E-state index in [1.165, 1.54) is 6.92 Å². The number of aromatic nitrogens is 1. The Morgan fingerprint density at radius 1 is 1.48 bits per heavy atom. The third-order valence-corrected chi connectivity index (χ3v) is 4.63. The van der Waals surface area contributed by atoms with Gasteiger partial charge in [0.15, 0.2) is 5.13 Å². The first-order valence-corrected chi connectivity index (χ1v) is 8.03. The fourth-order valence-corrected chi connectivity index (χ4v) is 3.22. The van der Waals surface area contributed by atoms with Crippen LogP contribution < -0.4 is 10.2 Å². The molecule has 1 aliphatic heterocycles. The fourth-order valence-electron chi connectivity index (χ4n) is 2.46. The van der Waals surface area contributed by atoms with Gasteiger partial charge in [-0.05, 0) is 19.3 Å². The van der Waals surface area contributed by atoms with Gasteiger partial charge in [0.2, 0.25) is 11.8 Å². The number of hydrogen-bond acceptors (Lipinski definition) is 5. The second kappa shape index (κ2) is 6.89. The van der Waals surface area contributed by atoms with Crippen molar-refractivity contribution in [2.75, 3.05) is 25.5 Å². The van der Waals surface area contributed by atoms with E-state index in [-0.39, 0.29) is 17.9 Å². The van der Waals surface area contributed by atoms with Crippen LogP contribution in [0.15, 0.2) is 5.38 Å². The summed E-state index contributed by atoms with van der Waals surface area (Å²) < 4.78 is 0. The van der Waals surface area contributed by atoms with Crippen LogP contribution in [0.25, 0.3) is 0 Å². The van der Waals surface area contributed by atoms with Gasteiger partial charge in [-0.25, -0.2) is 4.98 Å². The zero-order valence-electron chi connectivity index (χ0n) is 12.8. The minimum Gasteiger partial charge on any atom is -0.354 e. The number of rotatable bonds is 4. The van der Waals surface area contributed by atoms with E-state index in [0.717, 1.165) is 30.1 Å². The van der Waals surface area contributed by atoms with Gasteiger partial charge in [0, 0.05) is 32.9 Å². The molecule has 2 heterocycles. The van der Waals surface area contributed by atoms with Crippen molar-refractivity contribution in [2.24, 2.45) is 0 Å². The lowest BCUT2D eigenvalue weighted by molar-refractivity contribution is -0.140. The molecule has 21 heavy (non-hydrogen) atoms. The van der Waals surface area contributed by atoms with E-state index in [1.807, 2.05) is 24.4 Å². The lowest BCUT2D eigenvalue weighted by Crippen LogP contribution is -2.51. The van der Waals surface area contributed by atoms with Gasteiger partial charge in [-0.15, -0.1) is 11.3 Å². The van der Waals surface area contributed by atoms with Crippen LogP contribution in [0.4, 0.5) is 5.13 Å². The number of anilines is 1. The number of thiazole rings is 1. The summed E-state index contributed by atoms with van der Waals surface area (Å²) in [5.41, 5.74) is 0.849. The Hall–Kier alpha value is -1.63. The minimum atomic E-state index is -0.330. The molecule has 6 nitrogen and oxygen atoms in total. The van der Waals surface area contributed by atoms with E-state index in [4.69, 9.17) is 0 Å². The summed E-state index contributed by atoms with van der Waals surface area (Å²) in [7, 11) is 3.88. The molecule has 2 amide bonds. The standard InChI is InChI=1S/C14H22N4O2S/c1-10(19)18-7-5-4-6-12(18)13(20)15-8-11-9-21-14(16-11)17(2)3/h9,12H,4-8H2,1-3H3,(H,15,20). The summed E-state index contributed by atoms with van der Waals surface area (Å²) >= 11 is 1.55. The van der Waals surface area contributed by atoms with Crippen LogP contribution >= 0.6 is 11.3 Å². The zero-order chi connectivity index (χ0) is 15.4. The van der Waals surface area contributed by atoms with Gasteiger partial charge in [-0.1, -0.05) is 0 Å². The highest BCUT2D eigenvalue weighted by Gasteiger charge is 2.30. The van der Waals surface area contributed by atoms with E-state index in [2.05, 4.69) is 10.3 Å². The lowest BCUT2D eigenvalue weighted by atomic mass is 10.0. The minimum absolute atomic E-state index is 0.0293. The first kappa shape index (κ1) is 15.8. The first-order valence-electron chi connectivity index (χ1n) is 7.15. The topological polar surface area (TPSA) is 65.5 Å². The molecule has 0 bridgehead atoms. The van der Waals surface area contributed by atoms with Crippen LogP contribution in [0.2, 0.25) is 0 Å². The molecule has 7 heteroatoms. The van der Waals surface area contributed by atoms with Crippen LogP contribution in [0.5, 0.6) is 0 Å². The van der Waals surface area contributed by atoms with E-state index in [0.29, 0.717) is 13.1 Å². The Bertz CT molecular complexity index is 515. The molecule has 0 aromatic carbocycles. The molecule has 1 fully saturated rings. The van der Waals surface area contributed by atoms with E-state index in [1.54, 1.807) is 16.2 Å². The van der Waals surface area contributed by atoms with Crippen molar-refractivity contribution in [3.8, 4) is 0 Å². The summed E-state index contributed by atoms with van der Waals surface area (Å²) in [6.07, 6.45) is 2.70. The maximum absolute atomic E-state index is 12.3. The number of likely N-dealkylation sites (tertiary alicyclic amines) is 1. The highest BCUT2D eigenvalue weighted by molar-refractivity contribution is 7.13. The third kappa shape index (κ3) is 3.93. The molecule has 0 aliphatic carbocycles. The Morgan fingerprint density at radius 3 is 2.86 bits per heavy atom. The zero-order valence-corrected chi connectivity index (χ0v) is 13.6. The molecule has 1 unspecified atom stereocenters. The summed E-state index contributed by atoms with van der Waals surface area (Å²) in [6.45, 7) is 2.61. The van der Waals surface area contributed by atoms with Crippen LogP contribution in [0.3, 0.4) is 0 Å². The van der Waals surface area contributed by atoms with Crippen LogP contribution in [0, 0.1) is 0 Å². The van der Waals surface area contributed by atoms with Crippen molar-refractivity contribution in [2.45, 2.75) is 38.8 Å². The van der Waals surface area contributed by atoms with E-state index >= 15 is 0 Å². The van der Waals surface area contributed by atoms with Crippen LogP contribution in [-0.4, -0.2) is 48.4 Å². The van der Waals surface area contributed by atoms with Gasteiger partial charge >= 0.3 is 0 Å². The summed E-state index contributed by atoms with van der Waals surface area (Å²) in [5.74, 6) is -0.109. The summed E-state index contributed by atoms with van der Waals surface area (Å²) in [6, 6.07) is -0.330. The highest BCUT2D eigenvalue weighted by Crippen LogP contribution is 2.19. The first-order chi connectivity index (χ1) is 9.99. The van der Waals surface area contributed by atoms with Gasteiger partial charge in [0.05, 0.1) is 12.2 Å². The van der Waals surface area contributed by atoms with Gasteiger partial charge in [-0.3, -0.25) is 9.59 Å². The van der Waals surface area contributed by atoms with Gasteiger partial charge < -0.3 is 15.1 Å². The largest absolute Gasteiger partial charge is 0.354 e. The number of carbonyl (C=O) groups excluding carboxylic acids is 2. The smallest absolute Gasteiger partial charge is 0.243 e. The molecular formula is C14H22N4O2S. The van der Waals surface area contributed by atoms with Crippen molar-refractivity contribution in [3.05, 3.63) is 11.1 Å². The molecule has 0 saturated carbocycles. The normalized spacial score (nSPS) is 18.4. The Morgan fingerprint density at radius 2 is 2.24 bits per heavy atom. The average molecular weight is 310 g/mol. The SMILES string of the molecule is CC(=O)N1CCCCC1C(=O)NCc1csc(N(C)C)n1. The number of piperidine rings is 1. The summed E-state index contributed by atoms with van der Waals surface area (Å²) in [4.78, 5) is 31.9. The second-order valence-corrected chi connectivity index (χ2v) is 6.29. The van der Waals surface area contributed by atoms with Gasteiger partial charge in [-0.2, -0.15) is 0 Å². The molecular weight excluding hydrogens is 288 g/mol. The molecule has 1 N–H and O–H groups in total. The predicted octanol–water partition coefficient (Wildman–Crippen LogP) is 1.23. The number of nitrogens with one attached hydrogen (secondary N) is 1. The van der Waals surface area contributed by atoms with Crippen molar-refractivity contribution in [1.29, 1.82) is 0 Å². The molecule has 2 rings (SSSR count). The summed E-state index contributed by atoms with van der Waals surface area (Å²) in [5, 5.41) is 5.76. The maximum atomic E-state index is 12.3. The number of amides is 2. The average Bonchev–Trinajstić information content (AvgIpc) is 2.94. The molecule has 1 saturated heterocycles. The van der Waals surface area contributed by atoms with Gasteiger partial charge in [0.25, 0.3) is 0 Å². The molecule has 1 aromatic rings. The quantitative estimate of drug-likeness (QED) is 0.908. The van der Waals surface area contributed by atoms with Crippen molar-refractivity contribution < 1.29 is 9.59 Å². The monoisotopic (exact) mass is 310 g/mol. The molecule has 0 spiro atoms. The highest BCUT2D eigenvalue weighted by atomic mass is 32.1. The number of hydrogen-bond donors (Lipinski definition) is 1. The molecule has 1 aliphatic rings. The van der Waals surface area contributed by atoms with Crippen molar-refractivity contribution >= 4 is 28.3 Å². The number of carbonyl (C=O) groups is 2. The maximum Gasteiger partial charge on any atom is 0.243 e. The Balaban J connectivity index is 1.92. The van der Waals surface area contributed by atoms with Crippen LogP contribution in [-0.2, 0) is 16.1 Å². The van der Waals surface area contributed by atoms with Crippen molar-refractivity contribution in [1.82, 2.24) is 15.2 Å². The Labute approximate surface area is 129 Å². The third-order valence-electron chi connectivity index (χ3n) is 3.58. The molecule has 116 valence electrons. The molecule has 0 radical (unpaired) electrons. The second-order valence-electron chi connectivity index (χ2n) is 5.46. The predicted molar refractivity (Wildman–Crippen MR) is 83.3 cm³/mol. The van der Waals surface area contributed by atoms with E-state index < -0.39 is 0 Å². The Kier molecular flexibility index (Phi) is 5.17. The number of nitrogens with zero attached hydrogens (tertiary/aromatic N) is 3. The molecule has 1 aromatic heterocycles. The lowest BCUT2D eigenvalue weighted by Gasteiger charge is -2.33. The van der Waals surface area contributed by atoms with Crippen LogP contribution in [0.1, 0.15) is 31.9 Å². The molecule has 1 atom stereocenters. The van der Waals surface area contributed by atoms with E-state index in [9.17, 15) is 9.59 Å².